The Kier molecular flexibility index (Phi) is 7.39. The zero-order valence-electron chi connectivity index (χ0n) is 12.3. The lowest BCUT2D eigenvalue weighted by Gasteiger charge is -2.10. The van der Waals surface area contributed by atoms with Gasteiger partial charge < -0.3 is 26.3 Å². The molecule has 8 heteroatoms. The summed E-state index contributed by atoms with van der Waals surface area (Å²) < 4.78 is 10.5. The van der Waals surface area contributed by atoms with Crippen LogP contribution in [0.25, 0.3) is 0 Å². The summed E-state index contributed by atoms with van der Waals surface area (Å²) in [4.78, 5) is 15.2. The van der Waals surface area contributed by atoms with Gasteiger partial charge in [-0.2, -0.15) is 0 Å². The van der Waals surface area contributed by atoms with Gasteiger partial charge in [-0.15, -0.1) is 24.0 Å². The van der Waals surface area contributed by atoms with Crippen molar-refractivity contribution in [3.8, 4) is 5.75 Å². The summed E-state index contributed by atoms with van der Waals surface area (Å²) in [6.07, 6.45) is 0.786. The van der Waals surface area contributed by atoms with Crippen molar-refractivity contribution in [2.45, 2.75) is 25.0 Å². The van der Waals surface area contributed by atoms with Crippen molar-refractivity contribution in [1.29, 1.82) is 0 Å². The minimum absolute atomic E-state index is 0. The second-order valence-electron chi connectivity index (χ2n) is 4.81. The Hall–Kier alpha value is -1.55. The summed E-state index contributed by atoms with van der Waals surface area (Å²) in [5.74, 6) is 0.644. The zero-order chi connectivity index (χ0) is 15.2. The molecule has 0 saturated carbocycles. The largest absolute Gasteiger partial charge is 0.497 e. The molecule has 1 aromatic carbocycles. The van der Waals surface area contributed by atoms with Gasteiger partial charge in [-0.25, -0.2) is 0 Å². The molecule has 1 fully saturated rings. The molecule has 7 nitrogen and oxygen atoms in total. The van der Waals surface area contributed by atoms with E-state index in [2.05, 4.69) is 10.3 Å². The first kappa shape index (κ1) is 18.5. The van der Waals surface area contributed by atoms with Crippen LogP contribution in [0, 0.1) is 0 Å². The summed E-state index contributed by atoms with van der Waals surface area (Å²) in [7, 11) is 1.61. The van der Waals surface area contributed by atoms with Crippen LogP contribution < -0.4 is 21.5 Å². The van der Waals surface area contributed by atoms with E-state index in [1.54, 1.807) is 7.11 Å². The fraction of sp³-hybridized carbons (Fsp3) is 0.429. The van der Waals surface area contributed by atoms with Gasteiger partial charge in [0, 0.05) is 5.69 Å². The Bertz CT molecular complexity index is 521. The molecule has 1 aromatic rings. The number of carbonyl (C=O) groups is 1. The van der Waals surface area contributed by atoms with Crippen molar-refractivity contribution in [2.24, 2.45) is 16.5 Å². The number of aliphatic imine (C=N–C) groups is 1. The predicted molar refractivity (Wildman–Crippen MR) is 95.6 cm³/mol. The molecule has 2 atom stereocenters. The summed E-state index contributed by atoms with van der Waals surface area (Å²) in [6.45, 7) is 0.402. The minimum Gasteiger partial charge on any atom is -0.497 e. The van der Waals surface area contributed by atoms with Gasteiger partial charge in [0.15, 0.2) is 5.96 Å². The van der Waals surface area contributed by atoms with Gasteiger partial charge in [-0.05, 0) is 37.1 Å². The van der Waals surface area contributed by atoms with E-state index in [0.29, 0.717) is 18.9 Å². The predicted octanol–water partition coefficient (Wildman–Crippen LogP) is 1.07. The SMILES string of the molecule is COc1ccc(NC(N)=NCC2CCC(C(N)=O)O2)cc1.I. The van der Waals surface area contributed by atoms with E-state index < -0.39 is 12.0 Å². The number of nitrogens with one attached hydrogen (secondary N) is 1. The summed E-state index contributed by atoms with van der Waals surface area (Å²) in [5, 5.41) is 2.98. The number of ether oxygens (including phenoxy) is 2. The number of nitrogens with zero attached hydrogens (tertiary/aromatic N) is 1. The molecule has 0 spiro atoms. The van der Waals surface area contributed by atoms with Gasteiger partial charge in [-0.3, -0.25) is 9.79 Å². The number of benzene rings is 1. The summed E-state index contributed by atoms with van der Waals surface area (Å²) in [5.41, 5.74) is 11.8. The molecule has 0 aromatic heterocycles. The van der Waals surface area contributed by atoms with E-state index in [0.717, 1.165) is 17.9 Å². The standard InChI is InChI=1S/C14H20N4O3.HI/c1-20-10-4-2-9(3-5-10)18-14(16)17-8-11-6-7-12(21-11)13(15)19;/h2-5,11-12H,6-8H2,1H3,(H2,15,19)(H3,16,17,18);1H. The highest BCUT2D eigenvalue weighted by atomic mass is 127. The lowest BCUT2D eigenvalue weighted by Crippen LogP contribution is -2.29. The fourth-order valence-corrected chi connectivity index (χ4v) is 2.11. The monoisotopic (exact) mass is 420 g/mol. The molecule has 1 amide bonds. The van der Waals surface area contributed by atoms with Crippen LogP contribution in [0.4, 0.5) is 5.69 Å². The molecule has 2 rings (SSSR count). The van der Waals surface area contributed by atoms with Gasteiger partial charge in [0.05, 0.1) is 19.8 Å². The number of amides is 1. The average Bonchev–Trinajstić information content (AvgIpc) is 2.95. The number of anilines is 1. The number of halogens is 1. The van der Waals surface area contributed by atoms with E-state index >= 15 is 0 Å². The van der Waals surface area contributed by atoms with Crippen LogP contribution >= 0.6 is 24.0 Å². The summed E-state index contributed by atoms with van der Waals surface area (Å²) >= 11 is 0. The maximum absolute atomic E-state index is 11.0. The normalized spacial score (nSPS) is 21.0. The van der Waals surface area contributed by atoms with Crippen LogP contribution in [0.3, 0.4) is 0 Å². The number of rotatable bonds is 5. The van der Waals surface area contributed by atoms with Crippen LogP contribution in [0.5, 0.6) is 5.75 Å². The number of methoxy groups -OCH3 is 1. The lowest BCUT2D eigenvalue weighted by atomic mass is 10.2. The maximum Gasteiger partial charge on any atom is 0.246 e. The highest BCUT2D eigenvalue weighted by Gasteiger charge is 2.28. The van der Waals surface area contributed by atoms with E-state index in [1.165, 1.54) is 0 Å². The van der Waals surface area contributed by atoms with Crippen LogP contribution in [0.1, 0.15) is 12.8 Å². The Balaban J connectivity index is 0.00000242. The molecule has 0 radical (unpaired) electrons. The number of primary amides is 1. The van der Waals surface area contributed by atoms with Gasteiger partial charge in [-0.1, -0.05) is 0 Å². The number of carbonyl (C=O) groups excluding carboxylic acids is 1. The Morgan fingerprint density at radius 3 is 2.59 bits per heavy atom. The first-order valence-electron chi connectivity index (χ1n) is 6.74. The number of hydrogen-bond donors (Lipinski definition) is 3. The minimum atomic E-state index is -0.499. The third kappa shape index (κ3) is 5.34. The number of hydrogen-bond acceptors (Lipinski definition) is 4. The molecular formula is C14H21IN4O3. The maximum atomic E-state index is 11.0. The number of nitrogens with two attached hydrogens (primary N) is 2. The van der Waals surface area contributed by atoms with Crippen molar-refractivity contribution in [2.75, 3.05) is 19.0 Å². The molecule has 122 valence electrons. The van der Waals surface area contributed by atoms with Crippen molar-refractivity contribution < 1.29 is 14.3 Å². The quantitative estimate of drug-likeness (QED) is 0.375. The first-order chi connectivity index (χ1) is 10.1. The van der Waals surface area contributed by atoms with Crippen molar-refractivity contribution in [3.63, 3.8) is 0 Å². The van der Waals surface area contributed by atoms with E-state index in [4.69, 9.17) is 20.9 Å². The highest BCUT2D eigenvalue weighted by Crippen LogP contribution is 2.19. The number of guanidine groups is 1. The van der Waals surface area contributed by atoms with Gasteiger partial charge in [0.1, 0.15) is 11.9 Å². The first-order valence-corrected chi connectivity index (χ1v) is 6.74. The van der Waals surface area contributed by atoms with Crippen LogP contribution in [-0.4, -0.2) is 37.7 Å². The molecule has 0 bridgehead atoms. The molecule has 1 saturated heterocycles. The van der Waals surface area contributed by atoms with Gasteiger partial charge in [0.25, 0.3) is 0 Å². The molecule has 22 heavy (non-hydrogen) atoms. The van der Waals surface area contributed by atoms with Crippen LogP contribution in [-0.2, 0) is 9.53 Å². The molecule has 1 heterocycles. The zero-order valence-corrected chi connectivity index (χ0v) is 14.7. The Morgan fingerprint density at radius 2 is 2.05 bits per heavy atom. The molecule has 0 aliphatic carbocycles. The Labute approximate surface area is 146 Å². The average molecular weight is 420 g/mol. The van der Waals surface area contributed by atoms with Gasteiger partial charge >= 0.3 is 0 Å². The van der Waals surface area contributed by atoms with Gasteiger partial charge in [0.2, 0.25) is 5.91 Å². The van der Waals surface area contributed by atoms with Crippen LogP contribution in [0.15, 0.2) is 29.3 Å². The molecule has 1 aliphatic rings. The van der Waals surface area contributed by atoms with E-state index in [-0.39, 0.29) is 30.1 Å². The lowest BCUT2D eigenvalue weighted by molar-refractivity contribution is -0.128. The Morgan fingerprint density at radius 1 is 1.36 bits per heavy atom. The topological polar surface area (TPSA) is 112 Å². The van der Waals surface area contributed by atoms with Crippen molar-refractivity contribution >= 4 is 41.5 Å². The second-order valence-corrected chi connectivity index (χ2v) is 4.81. The van der Waals surface area contributed by atoms with E-state index in [1.807, 2.05) is 24.3 Å². The highest BCUT2D eigenvalue weighted by molar-refractivity contribution is 14.0. The molecule has 1 aliphatic heterocycles. The second kappa shape index (κ2) is 8.79. The third-order valence-corrected chi connectivity index (χ3v) is 3.25. The van der Waals surface area contributed by atoms with Crippen molar-refractivity contribution in [1.82, 2.24) is 0 Å². The smallest absolute Gasteiger partial charge is 0.246 e. The fourth-order valence-electron chi connectivity index (χ4n) is 2.11. The molecule has 5 N–H and O–H groups in total. The molecule has 2 unspecified atom stereocenters. The van der Waals surface area contributed by atoms with Crippen molar-refractivity contribution in [3.05, 3.63) is 24.3 Å². The van der Waals surface area contributed by atoms with E-state index in [9.17, 15) is 4.79 Å². The summed E-state index contributed by atoms with van der Waals surface area (Å²) in [6, 6.07) is 7.34. The molecular weight excluding hydrogens is 399 g/mol. The van der Waals surface area contributed by atoms with Crippen LogP contribution in [0.2, 0.25) is 0 Å². The third-order valence-electron chi connectivity index (χ3n) is 3.25.